The van der Waals surface area contributed by atoms with Crippen molar-refractivity contribution in [3.8, 4) is 0 Å². The summed E-state index contributed by atoms with van der Waals surface area (Å²) in [6.45, 7) is 1.88. The molecule has 4 nitrogen and oxygen atoms in total. The summed E-state index contributed by atoms with van der Waals surface area (Å²) in [6.07, 6.45) is 5.23. The molecule has 1 saturated carbocycles. The Hall–Kier alpha value is -1.07. The number of hydrogen-bond donors (Lipinski definition) is 1. The van der Waals surface area contributed by atoms with Crippen LogP contribution in [0.2, 0.25) is 0 Å². The third-order valence-electron chi connectivity index (χ3n) is 4.36. The molecule has 0 amide bonds. The van der Waals surface area contributed by atoms with E-state index in [2.05, 4.69) is 4.90 Å². The summed E-state index contributed by atoms with van der Waals surface area (Å²) in [6, 6.07) is 7.76. The van der Waals surface area contributed by atoms with Gasteiger partial charge in [0.15, 0.2) is 9.84 Å². The van der Waals surface area contributed by atoms with Gasteiger partial charge in [0.25, 0.3) is 0 Å². The number of anilines is 1. The van der Waals surface area contributed by atoms with E-state index in [0.717, 1.165) is 18.5 Å². The average molecular weight is 310 g/mol. The van der Waals surface area contributed by atoms with Gasteiger partial charge in [-0.1, -0.05) is 19.8 Å². The van der Waals surface area contributed by atoms with E-state index in [1.54, 1.807) is 12.1 Å². The van der Waals surface area contributed by atoms with Crippen LogP contribution in [0.1, 0.15) is 39.0 Å². The van der Waals surface area contributed by atoms with Crippen molar-refractivity contribution < 1.29 is 8.42 Å². The molecular weight excluding hydrogens is 284 g/mol. The molecule has 2 rings (SSSR count). The van der Waals surface area contributed by atoms with Crippen molar-refractivity contribution in [1.82, 2.24) is 0 Å². The minimum atomic E-state index is -3.13. The molecule has 0 saturated heterocycles. The van der Waals surface area contributed by atoms with Gasteiger partial charge in [-0.25, -0.2) is 8.42 Å². The maximum Gasteiger partial charge on any atom is 0.178 e. The summed E-state index contributed by atoms with van der Waals surface area (Å²) in [4.78, 5) is 2.61. The molecule has 2 N–H and O–H groups in total. The first-order valence-electron chi connectivity index (χ1n) is 7.77. The van der Waals surface area contributed by atoms with Crippen molar-refractivity contribution in [2.24, 2.45) is 5.73 Å². The summed E-state index contributed by atoms with van der Waals surface area (Å²) < 4.78 is 24.1. The Bertz CT molecular complexity index is 554. The molecule has 0 heterocycles. The predicted molar refractivity (Wildman–Crippen MR) is 87.4 cm³/mol. The van der Waals surface area contributed by atoms with Gasteiger partial charge in [-0.05, 0) is 43.5 Å². The molecule has 2 atom stereocenters. The maximum atomic E-state index is 12.0. The lowest BCUT2D eigenvalue weighted by atomic mass is 9.90. The van der Waals surface area contributed by atoms with E-state index in [0.29, 0.717) is 17.4 Å². The van der Waals surface area contributed by atoms with Crippen molar-refractivity contribution in [3.63, 3.8) is 0 Å². The van der Waals surface area contributed by atoms with Crippen molar-refractivity contribution >= 4 is 15.5 Å². The van der Waals surface area contributed by atoms with Gasteiger partial charge in [-0.3, -0.25) is 0 Å². The zero-order valence-electron chi connectivity index (χ0n) is 13.0. The zero-order chi connectivity index (χ0) is 15.5. The summed E-state index contributed by atoms with van der Waals surface area (Å²) in [5.41, 5.74) is 7.25. The summed E-state index contributed by atoms with van der Waals surface area (Å²) >= 11 is 0. The van der Waals surface area contributed by atoms with E-state index in [4.69, 9.17) is 5.73 Å². The Kier molecular flexibility index (Phi) is 5.27. The highest BCUT2D eigenvalue weighted by atomic mass is 32.2. The third kappa shape index (κ3) is 3.77. The van der Waals surface area contributed by atoms with Gasteiger partial charge >= 0.3 is 0 Å². The summed E-state index contributed by atoms with van der Waals surface area (Å²) in [5, 5.41) is 0. The lowest BCUT2D eigenvalue weighted by Crippen LogP contribution is -2.48. The molecule has 1 aromatic rings. The van der Waals surface area contributed by atoms with Crippen molar-refractivity contribution in [3.05, 3.63) is 24.3 Å². The lowest BCUT2D eigenvalue weighted by molar-refractivity contribution is 0.373. The lowest BCUT2D eigenvalue weighted by Gasteiger charge is -2.37. The minimum Gasteiger partial charge on any atom is -0.370 e. The number of nitrogens with two attached hydrogens (primary N) is 1. The highest BCUT2D eigenvalue weighted by molar-refractivity contribution is 7.91. The molecule has 1 aliphatic rings. The molecule has 0 radical (unpaired) electrons. The van der Waals surface area contributed by atoms with Crippen LogP contribution in [0.4, 0.5) is 5.69 Å². The highest BCUT2D eigenvalue weighted by Gasteiger charge is 2.25. The van der Waals surface area contributed by atoms with Gasteiger partial charge in [-0.15, -0.1) is 0 Å². The van der Waals surface area contributed by atoms with E-state index in [9.17, 15) is 8.42 Å². The van der Waals surface area contributed by atoms with Crippen LogP contribution in [-0.4, -0.2) is 33.3 Å². The number of hydrogen-bond acceptors (Lipinski definition) is 4. The third-order valence-corrected chi connectivity index (χ3v) is 6.29. The van der Waals surface area contributed by atoms with Crippen LogP contribution >= 0.6 is 0 Å². The van der Waals surface area contributed by atoms with Gasteiger partial charge < -0.3 is 10.6 Å². The second kappa shape index (κ2) is 6.79. The van der Waals surface area contributed by atoms with Crippen molar-refractivity contribution in [2.75, 3.05) is 17.7 Å². The molecule has 1 aromatic carbocycles. The van der Waals surface area contributed by atoms with Gasteiger partial charge in [0, 0.05) is 24.8 Å². The summed E-state index contributed by atoms with van der Waals surface area (Å²) in [5.74, 6) is 0.204. The van der Waals surface area contributed by atoms with Crippen LogP contribution in [-0.2, 0) is 9.84 Å². The topological polar surface area (TPSA) is 63.4 Å². The molecular formula is C16H26N2O2S. The Labute approximate surface area is 128 Å². The normalized spacial score (nSPS) is 23.0. The van der Waals surface area contributed by atoms with Crippen LogP contribution in [0.15, 0.2) is 29.2 Å². The van der Waals surface area contributed by atoms with E-state index < -0.39 is 9.84 Å². The first kappa shape index (κ1) is 16.3. The Morgan fingerprint density at radius 1 is 1.19 bits per heavy atom. The standard InChI is InChI=1S/C16H26N2O2S/c1-3-12-21(19,20)14-10-8-13(9-11-14)18(2)16-7-5-4-6-15(16)17/h8-11,15-16H,3-7,12,17H2,1-2H3. The second-order valence-corrected chi connectivity index (χ2v) is 8.05. The van der Waals surface area contributed by atoms with Gasteiger partial charge in [0.05, 0.1) is 10.6 Å². The first-order valence-corrected chi connectivity index (χ1v) is 9.42. The molecule has 21 heavy (non-hydrogen) atoms. The molecule has 0 aromatic heterocycles. The fraction of sp³-hybridized carbons (Fsp3) is 0.625. The van der Waals surface area contributed by atoms with E-state index in [1.807, 2.05) is 26.1 Å². The van der Waals surface area contributed by atoms with E-state index in [1.165, 1.54) is 12.8 Å². The molecule has 1 fully saturated rings. The van der Waals surface area contributed by atoms with E-state index in [-0.39, 0.29) is 11.8 Å². The number of sulfone groups is 1. The smallest absolute Gasteiger partial charge is 0.178 e. The summed E-state index contributed by atoms with van der Waals surface area (Å²) in [7, 11) is -1.08. The zero-order valence-corrected chi connectivity index (χ0v) is 13.8. The van der Waals surface area contributed by atoms with Crippen LogP contribution in [0, 0.1) is 0 Å². The molecule has 0 spiro atoms. The van der Waals surface area contributed by atoms with Gasteiger partial charge in [-0.2, -0.15) is 0 Å². The predicted octanol–water partition coefficient (Wildman–Crippen LogP) is 2.58. The quantitative estimate of drug-likeness (QED) is 0.908. The average Bonchev–Trinajstić information content (AvgIpc) is 2.47. The van der Waals surface area contributed by atoms with Crippen LogP contribution < -0.4 is 10.6 Å². The number of rotatable bonds is 5. The molecule has 1 aliphatic carbocycles. The Balaban J connectivity index is 2.15. The molecule has 0 bridgehead atoms. The van der Waals surface area contributed by atoms with Crippen molar-refractivity contribution in [2.45, 2.75) is 56.0 Å². The first-order chi connectivity index (χ1) is 9.95. The SMILES string of the molecule is CCCS(=O)(=O)c1ccc(N(C)C2CCCCC2N)cc1. The molecule has 5 heteroatoms. The fourth-order valence-corrected chi connectivity index (χ4v) is 4.41. The Morgan fingerprint density at radius 2 is 1.81 bits per heavy atom. The van der Waals surface area contributed by atoms with Gasteiger partial charge in [0.1, 0.15) is 0 Å². The van der Waals surface area contributed by atoms with Crippen molar-refractivity contribution in [1.29, 1.82) is 0 Å². The number of benzene rings is 1. The molecule has 0 aliphatic heterocycles. The van der Waals surface area contributed by atoms with Crippen LogP contribution in [0.25, 0.3) is 0 Å². The van der Waals surface area contributed by atoms with E-state index >= 15 is 0 Å². The van der Waals surface area contributed by atoms with Crippen LogP contribution in [0.5, 0.6) is 0 Å². The second-order valence-electron chi connectivity index (χ2n) is 5.94. The largest absolute Gasteiger partial charge is 0.370 e. The number of likely N-dealkylation sites (N-methyl/N-ethyl adjacent to an activating group) is 1. The maximum absolute atomic E-state index is 12.0. The number of nitrogens with zero attached hydrogens (tertiary/aromatic N) is 1. The van der Waals surface area contributed by atoms with Gasteiger partial charge in [0.2, 0.25) is 0 Å². The molecule has 118 valence electrons. The van der Waals surface area contributed by atoms with Crippen LogP contribution in [0.3, 0.4) is 0 Å². The highest BCUT2D eigenvalue weighted by Crippen LogP contribution is 2.26. The fourth-order valence-electron chi connectivity index (χ4n) is 3.09. The monoisotopic (exact) mass is 310 g/mol. The molecule has 2 unspecified atom stereocenters. The Morgan fingerprint density at radius 3 is 2.38 bits per heavy atom. The minimum absolute atomic E-state index is 0.201.